The van der Waals surface area contributed by atoms with Crippen LogP contribution in [0.3, 0.4) is 0 Å². The Balaban J connectivity index is 2.81. The summed E-state index contributed by atoms with van der Waals surface area (Å²) in [4.78, 5) is 0. The number of terminal acetylenes is 1. The first-order valence-electron chi connectivity index (χ1n) is 5.42. The van der Waals surface area contributed by atoms with Crippen LogP contribution in [0.5, 0.6) is 0 Å². The van der Waals surface area contributed by atoms with E-state index < -0.39 is 0 Å². The molecule has 0 aromatic heterocycles. The van der Waals surface area contributed by atoms with Crippen LogP contribution in [0.4, 0.5) is 0 Å². The molecule has 0 heterocycles. The molecular weight excluding hydrogens is 182 g/mol. The van der Waals surface area contributed by atoms with Crippen molar-refractivity contribution in [2.45, 2.75) is 32.9 Å². The summed E-state index contributed by atoms with van der Waals surface area (Å²) in [6.07, 6.45) is 5.39. The van der Waals surface area contributed by atoms with Crippen molar-refractivity contribution in [1.82, 2.24) is 5.32 Å². The molecular formula is C14H19N. The molecule has 2 atom stereocenters. The predicted octanol–water partition coefficient (Wildman–Crippen LogP) is 3.00. The van der Waals surface area contributed by atoms with E-state index in [1.54, 1.807) is 0 Å². The highest BCUT2D eigenvalue weighted by molar-refractivity contribution is 5.20. The Morgan fingerprint density at radius 2 is 1.73 bits per heavy atom. The smallest absolute Gasteiger partial charge is 0.0663 e. The zero-order chi connectivity index (χ0) is 11.3. The second-order valence-corrected chi connectivity index (χ2v) is 4.19. The number of nitrogens with one attached hydrogen (secondary N) is 1. The topological polar surface area (TPSA) is 12.0 Å². The number of rotatable bonds is 4. The summed E-state index contributed by atoms with van der Waals surface area (Å²) in [7, 11) is 0. The van der Waals surface area contributed by atoms with Gasteiger partial charge in [0.2, 0.25) is 0 Å². The summed E-state index contributed by atoms with van der Waals surface area (Å²) < 4.78 is 0. The molecule has 0 bridgehead atoms. The molecule has 1 aromatic carbocycles. The van der Waals surface area contributed by atoms with Crippen LogP contribution in [0.1, 0.15) is 32.4 Å². The minimum absolute atomic E-state index is 0.109. The molecule has 15 heavy (non-hydrogen) atoms. The number of benzene rings is 1. The Hall–Kier alpha value is -1.26. The van der Waals surface area contributed by atoms with Crippen LogP contribution in [-0.4, -0.2) is 6.04 Å². The molecule has 0 aliphatic carbocycles. The lowest BCUT2D eigenvalue weighted by atomic mass is 9.95. The first kappa shape index (κ1) is 11.8. The van der Waals surface area contributed by atoms with Crippen molar-refractivity contribution < 1.29 is 0 Å². The Kier molecular flexibility index (Phi) is 4.39. The SMILES string of the molecule is C#CC(C)NC(c1ccccc1)C(C)C. The van der Waals surface area contributed by atoms with Crippen molar-refractivity contribution in [2.24, 2.45) is 5.92 Å². The van der Waals surface area contributed by atoms with Crippen LogP contribution in [0.25, 0.3) is 0 Å². The summed E-state index contributed by atoms with van der Waals surface area (Å²) >= 11 is 0. The summed E-state index contributed by atoms with van der Waals surface area (Å²) in [5, 5.41) is 3.45. The van der Waals surface area contributed by atoms with E-state index in [1.165, 1.54) is 5.56 Å². The zero-order valence-electron chi connectivity index (χ0n) is 9.70. The normalized spacial score (nSPS) is 14.6. The zero-order valence-corrected chi connectivity index (χ0v) is 9.70. The van der Waals surface area contributed by atoms with Gasteiger partial charge in [0.25, 0.3) is 0 Å². The van der Waals surface area contributed by atoms with Gasteiger partial charge in [0, 0.05) is 6.04 Å². The first-order chi connectivity index (χ1) is 7.15. The van der Waals surface area contributed by atoms with Gasteiger partial charge in [0.15, 0.2) is 0 Å². The van der Waals surface area contributed by atoms with Gasteiger partial charge in [-0.05, 0) is 18.4 Å². The molecule has 1 heteroatoms. The van der Waals surface area contributed by atoms with Crippen LogP contribution in [0.2, 0.25) is 0 Å². The quantitative estimate of drug-likeness (QED) is 0.738. The fourth-order valence-electron chi connectivity index (χ4n) is 1.65. The van der Waals surface area contributed by atoms with Gasteiger partial charge in [0.1, 0.15) is 0 Å². The van der Waals surface area contributed by atoms with E-state index >= 15 is 0 Å². The van der Waals surface area contributed by atoms with Gasteiger partial charge in [0.05, 0.1) is 6.04 Å². The second-order valence-electron chi connectivity index (χ2n) is 4.19. The molecule has 80 valence electrons. The van der Waals surface area contributed by atoms with E-state index in [0.717, 1.165) is 0 Å². The van der Waals surface area contributed by atoms with Crippen molar-refractivity contribution in [3.63, 3.8) is 0 Å². The Morgan fingerprint density at radius 1 is 1.13 bits per heavy atom. The lowest BCUT2D eigenvalue weighted by Gasteiger charge is -2.24. The van der Waals surface area contributed by atoms with Crippen LogP contribution in [0, 0.1) is 18.3 Å². The molecule has 0 fully saturated rings. The van der Waals surface area contributed by atoms with Crippen LogP contribution in [-0.2, 0) is 0 Å². The Morgan fingerprint density at radius 3 is 2.20 bits per heavy atom. The highest BCUT2D eigenvalue weighted by Crippen LogP contribution is 2.21. The van der Waals surface area contributed by atoms with Crippen molar-refractivity contribution >= 4 is 0 Å². The average molecular weight is 201 g/mol. The highest BCUT2D eigenvalue weighted by Gasteiger charge is 2.16. The van der Waals surface area contributed by atoms with Gasteiger partial charge in [-0.2, -0.15) is 0 Å². The molecule has 1 N–H and O–H groups in total. The lowest BCUT2D eigenvalue weighted by molar-refractivity contribution is 0.399. The molecule has 2 unspecified atom stereocenters. The monoisotopic (exact) mass is 201 g/mol. The third-order valence-electron chi connectivity index (χ3n) is 2.50. The molecule has 0 amide bonds. The van der Waals surface area contributed by atoms with Gasteiger partial charge < -0.3 is 0 Å². The molecule has 0 aliphatic rings. The van der Waals surface area contributed by atoms with Crippen LogP contribution >= 0.6 is 0 Å². The molecule has 0 aliphatic heterocycles. The van der Waals surface area contributed by atoms with Crippen molar-refractivity contribution in [1.29, 1.82) is 0 Å². The van der Waals surface area contributed by atoms with E-state index in [2.05, 4.69) is 49.4 Å². The standard InChI is InChI=1S/C14H19N/c1-5-12(4)15-14(11(2)3)13-9-7-6-8-10-13/h1,6-12,14-15H,2-4H3. The number of hydrogen-bond donors (Lipinski definition) is 1. The summed E-state index contributed by atoms with van der Waals surface area (Å²) in [6, 6.07) is 10.9. The molecule has 0 spiro atoms. The van der Waals surface area contributed by atoms with Crippen molar-refractivity contribution in [3.8, 4) is 12.3 Å². The molecule has 1 rings (SSSR count). The Bertz CT molecular complexity index is 321. The van der Waals surface area contributed by atoms with E-state index in [4.69, 9.17) is 6.42 Å². The maximum atomic E-state index is 5.39. The molecule has 1 aromatic rings. The minimum Gasteiger partial charge on any atom is -0.297 e. The van der Waals surface area contributed by atoms with E-state index in [9.17, 15) is 0 Å². The molecule has 0 radical (unpaired) electrons. The third-order valence-corrected chi connectivity index (χ3v) is 2.50. The maximum Gasteiger partial charge on any atom is 0.0663 e. The fraction of sp³-hybridized carbons (Fsp3) is 0.429. The second kappa shape index (κ2) is 5.58. The number of hydrogen-bond acceptors (Lipinski definition) is 1. The first-order valence-corrected chi connectivity index (χ1v) is 5.42. The van der Waals surface area contributed by atoms with Gasteiger partial charge in [-0.1, -0.05) is 50.1 Å². The van der Waals surface area contributed by atoms with E-state index in [0.29, 0.717) is 12.0 Å². The van der Waals surface area contributed by atoms with E-state index in [1.807, 2.05) is 13.0 Å². The third kappa shape index (κ3) is 3.42. The summed E-state index contributed by atoms with van der Waals surface area (Å²) in [5.74, 6) is 3.24. The summed E-state index contributed by atoms with van der Waals surface area (Å²) in [6.45, 7) is 6.42. The highest BCUT2D eigenvalue weighted by atomic mass is 14.9. The minimum atomic E-state index is 0.109. The predicted molar refractivity (Wildman–Crippen MR) is 65.5 cm³/mol. The fourth-order valence-corrected chi connectivity index (χ4v) is 1.65. The van der Waals surface area contributed by atoms with Crippen molar-refractivity contribution in [3.05, 3.63) is 35.9 Å². The van der Waals surface area contributed by atoms with Gasteiger partial charge in [-0.15, -0.1) is 6.42 Å². The van der Waals surface area contributed by atoms with Crippen LogP contribution in [0.15, 0.2) is 30.3 Å². The lowest BCUT2D eigenvalue weighted by Crippen LogP contribution is -2.32. The molecule has 1 nitrogen and oxygen atoms in total. The van der Waals surface area contributed by atoms with Crippen LogP contribution < -0.4 is 5.32 Å². The van der Waals surface area contributed by atoms with Gasteiger partial charge >= 0.3 is 0 Å². The van der Waals surface area contributed by atoms with E-state index in [-0.39, 0.29) is 6.04 Å². The average Bonchev–Trinajstić information content (AvgIpc) is 2.26. The maximum absolute atomic E-state index is 5.39. The summed E-state index contributed by atoms with van der Waals surface area (Å²) in [5.41, 5.74) is 1.30. The largest absolute Gasteiger partial charge is 0.297 e. The Labute approximate surface area is 92.9 Å². The van der Waals surface area contributed by atoms with Gasteiger partial charge in [-0.3, -0.25) is 5.32 Å². The molecule has 0 saturated carbocycles. The van der Waals surface area contributed by atoms with Gasteiger partial charge in [-0.25, -0.2) is 0 Å². The molecule has 0 saturated heterocycles. The van der Waals surface area contributed by atoms with Crippen molar-refractivity contribution in [2.75, 3.05) is 0 Å².